The summed E-state index contributed by atoms with van der Waals surface area (Å²) in [7, 11) is -0.692. The fraction of sp³-hybridized carbons (Fsp3) is 0.500. The molecule has 1 heterocycles. The quantitative estimate of drug-likeness (QED) is 0.943. The molecule has 1 aliphatic carbocycles. The van der Waals surface area contributed by atoms with Crippen molar-refractivity contribution in [3.63, 3.8) is 0 Å². The number of nitrogens with one attached hydrogen (secondary N) is 1. The van der Waals surface area contributed by atoms with E-state index >= 15 is 0 Å². The molecule has 1 N–H and O–H groups in total. The van der Waals surface area contributed by atoms with Crippen LogP contribution in [0.5, 0.6) is 0 Å². The maximum Gasteiger partial charge on any atom is 0.137 e. The molecular formula is C16H21N3OS. The second-order valence-corrected chi connectivity index (χ2v) is 7.54. The smallest absolute Gasteiger partial charge is 0.137 e. The Morgan fingerprint density at radius 2 is 2.14 bits per heavy atom. The second kappa shape index (κ2) is 6.52. The zero-order valence-electron chi connectivity index (χ0n) is 12.3. The summed E-state index contributed by atoms with van der Waals surface area (Å²) in [5, 5.41) is 4.93. The summed E-state index contributed by atoms with van der Waals surface area (Å²) in [6, 6.07) is 8.39. The zero-order valence-corrected chi connectivity index (χ0v) is 13.1. The van der Waals surface area contributed by atoms with Crippen molar-refractivity contribution in [2.75, 3.05) is 11.1 Å². The molecule has 3 rings (SSSR count). The minimum atomic E-state index is -0.692. The molecule has 21 heavy (non-hydrogen) atoms. The van der Waals surface area contributed by atoms with Crippen LogP contribution in [0.2, 0.25) is 0 Å². The van der Waals surface area contributed by atoms with Crippen LogP contribution in [0.1, 0.15) is 32.6 Å². The number of para-hydroxylation sites is 1. The average molecular weight is 303 g/mol. The number of rotatable bonds is 4. The first-order valence-electron chi connectivity index (χ1n) is 7.61. The third kappa shape index (κ3) is 3.23. The molecule has 1 aliphatic rings. The highest BCUT2D eigenvalue weighted by atomic mass is 32.2. The van der Waals surface area contributed by atoms with Crippen LogP contribution in [-0.2, 0) is 10.8 Å². The fourth-order valence-corrected chi connectivity index (χ4v) is 4.41. The molecule has 5 heteroatoms. The van der Waals surface area contributed by atoms with Gasteiger partial charge in [-0.25, -0.2) is 9.97 Å². The Balaban J connectivity index is 1.77. The molecule has 0 spiro atoms. The summed E-state index contributed by atoms with van der Waals surface area (Å²) in [6.45, 7) is 2.01. The molecule has 4 nitrogen and oxygen atoms in total. The molecule has 112 valence electrons. The van der Waals surface area contributed by atoms with E-state index < -0.39 is 10.8 Å². The third-order valence-electron chi connectivity index (χ3n) is 4.17. The Morgan fingerprint density at radius 3 is 3.00 bits per heavy atom. The molecule has 0 saturated heterocycles. The van der Waals surface area contributed by atoms with Crippen molar-refractivity contribution in [3.05, 3.63) is 30.6 Å². The Bertz CT molecular complexity index is 641. The Hall–Kier alpha value is -1.49. The van der Waals surface area contributed by atoms with Crippen LogP contribution in [-0.4, -0.2) is 31.2 Å². The van der Waals surface area contributed by atoms with Crippen molar-refractivity contribution in [2.24, 2.45) is 0 Å². The van der Waals surface area contributed by atoms with Gasteiger partial charge < -0.3 is 5.32 Å². The van der Waals surface area contributed by atoms with Gasteiger partial charge in [-0.05, 0) is 31.4 Å². The average Bonchev–Trinajstić information content (AvgIpc) is 2.55. The van der Waals surface area contributed by atoms with Gasteiger partial charge >= 0.3 is 0 Å². The third-order valence-corrected chi connectivity index (χ3v) is 5.91. The van der Waals surface area contributed by atoms with E-state index in [0.717, 1.165) is 48.2 Å². The maximum atomic E-state index is 12.0. The highest BCUT2D eigenvalue weighted by Gasteiger charge is 2.25. The molecule has 0 aliphatic heterocycles. The molecule has 0 amide bonds. The van der Waals surface area contributed by atoms with Crippen LogP contribution in [0, 0.1) is 0 Å². The van der Waals surface area contributed by atoms with Gasteiger partial charge in [-0.3, -0.25) is 4.21 Å². The van der Waals surface area contributed by atoms with Crippen molar-refractivity contribution in [1.82, 2.24) is 9.97 Å². The van der Waals surface area contributed by atoms with Crippen molar-refractivity contribution < 1.29 is 4.21 Å². The summed E-state index contributed by atoms with van der Waals surface area (Å²) in [5.41, 5.74) is 0.958. The summed E-state index contributed by atoms with van der Waals surface area (Å²) in [4.78, 5) is 8.68. The zero-order chi connectivity index (χ0) is 14.7. The molecule has 0 bridgehead atoms. The molecular weight excluding hydrogens is 282 g/mol. The first kappa shape index (κ1) is 14.4. The van der Waals surface area contributed by atoms with Crippen LogP contribution in [0.15, 0.2) is 30.6 Å². The van der Waals surface area contributed by atoms with E-state index in [9.17, 15) is 4.21 Å². The van der Waals surface area contributed by atoms with Gasteiger partial charge in [0.25, 0.3) is 0 Å². The number of hydrogen-bond acceptors (Lipinski definition) is 4. The summed E-state index contributed by atoms with van der Waals surface area (Å²) >= 11 is 0. The minimum Gasteiger partial charge on any atom is -0.367 e. The molecule has 0 radical (unpaired) electrons. The van der Waals surface area contributed by atoms with Gasteiger partial charge in [0.05, 0.1) is 5.52 Å². The second-order valence-electron chi connectivity index (χ2n) is 5.54. The van der Waals surface area contributed by atoms with Gasteiger partial charge in [-0.1, -0.05) is 25.5 Å². The van der Waals surface area contributed by atoms with Crippen LogP contribution in [0.25, 0.3) is 10.9 Å². The fourth-order valence-electron chi connectivity index (χ4n) is 3.06. The van der Waals surface area contributed by atoms with E-state index in [0.29, 0.717) is 11.3 Å². The van der Waals surface area contributed by atoms with E-state index in [-0.39, 0.29) is 0 Å². The number of hydrogen-bond donors (Lipinski definition) is 1. The number of aromatic nitrogens is 2. The summed E-state index contributed by atoms with van der Waals surface area (Å²) in [5.74, 6) is 1.65. The van der Waals surface area contributed by atoms with E-state index in [1.54, 1.807) is 6.33 Å². The van der Waals surface area contributed by atoms with Gasteiger partial charge in [0.2, 0.25) is 0 Å². The van der Waals surface area contributed by atoms with E-state index in [1.807, 2.05) is 31.2 Å². The predicted molar refractivity (Wildman–Crippen MR) is 87.9 cm³/mol. The molecule has 2 aromatic rings. The molecule has 3 atom stereocenters. The van der Waals surface area contributed by atoms with Crippen molar-refractivity contribution in [3.8, 4) is 0 Å². The number of anilines is 1. The highest BCUT2D eigenvalue weighted by molar-refractivity contribution is 7.85. The van der Waals surface area contributed by atoms with Crippen LogP contribution in [0.3, 0.4) is 0 Å². The largest absolute Gasteiger partial charge is 0.367 e. The summed E-state index contributed by atoms with van der Waals surface area (Å²) < 4.78 is 12.0. The number of benzene rings is 1. The lowest BCUT2D eigenvalue weighted by molar-refractivity contribution is 0.464. The number of fused-ring (bicyclic) bond motifs is 1. The Morgan fingerprint density at radius 1 is 1.29 bits per heavy atom. The van der Waals surface area contributed by atoms with Gasteiger partial charge in [0, 0.05) is 33.2 Å². The standard InChI is InChI=1S/C16H21N3OS/c1-2-21(20)13-7-5-6-12(10-13)19-16-14-8-3-4-9-15(14)17-11-18-16/h3-4,8-9,11-13H,2,5-7,10H2,1H3,(H,17,18,19). The molecule has 1 aromatic carbocycles. The van der Waals surface area contributed by atoms with E-state index in [4.69, 9.17) is 0 Å². The van der Waals surface area contributed by atoms with Gasteiger partial charge in [-0.2, -0.15) is 0 Å². The monoisotopic (exact) mass is 303 g/mol. The van der Waals surface area contributed by atoms with Crippen LogP contribution < -0.4 is 5.32 Å². The van der Waals surface area contributed by atoms with E-state index in [1.165, 1.54) is 0 Å². The van der Waals surface area contributed by atoms with Gasteiger partial charge in [0.15, 0.2) is 0 Å². The highest BCUT2D eigenvalue weighted by Crippen LogP contribution is 2.27. The van der Waals surface area contributed by atoms with Crippen LogP contribution in [0.4, 0.5) is 5.82 Å². The van der Waals surface area contributed by atoms with Crippen molar-refractivity contribution in [2.45, 2.75) is 43.9 Å². The molecule has 1 fully saturated rings. The van der Waals surface area contributed by atoms with Crippen molar-refractivity contribution >= 4 is 27.5 Å². The molecule has 3 unspecified atom stereocenters. The van der Waals surface area contributed by atoms with E-state index in [2.05, 4.69) is 15.3 Å². The van der Waals surface area contributed by atoms with Crippen LogP contribution >= 0.6 is 0 Å². The normalized spacial score (nSPS) is 23.9. The Kier molecular flexibility index (Phi) is 4.48. The number of nitrogens with zero attached hydrogens (tertiary/aromatic N) is 2. The predicted octanol–water partition coefficient (Wildman–Crippen LogP) is 3.12. The first-order chi connectivity index (χ1) is 10.3. The first-order valence-corrected chi connectivity index (χ1v) is 8.99. The lowest BCUT2D eigenvalue weighted by Gasteiger charge is -2.29. The maximum absolute atomic E-state index is 12.0. The minimum absolute atomic E-state index is 0.328. The molecule has 1 aromatic heterocycles. The lowest BCUT2D eigenvalue weighted by atomic mass is 9.95. The topological polar surface area (TPSA) is 54.9 Å². The SMILES string of the molecule is CCS(=O)C1CCCC(Nc2ncnc3ccccc23)C1. The lowest BCUT2D eigenvalue weighted by Crippen LogP contribution is -2.33. The van der Waals surface area contributed by atoms with Gasteiger partial charge in [-0.15, -0.1) is 0 Å². The summed E-state index contributed by atoms with van der Waals surface area (Å²) in [6.07, 6.45) is 5.92. The molecule has 1 saturated carbocycles. The van der Waals surface area contributed by atoms with Gasteiger partial charge in [0.1, 0.15) is 12.1 Å². The Labute approximate surface area is 127 Å². The van der Waals surface area contributed by atoms with Crippen molar-refractivity contribution in [1.29, 1.82) is 0 Å².